The van der Waals surface area contributed by atoms with Crippen LogP contribution in [0.4, 0.5) is 0 Å². The van der Waals surface area contributed by atoms with Crippen LogP contribution in [0.3, 0.4) is 0 Å². The van der Waals surface area contributed by atoms with Crippen molar-refractivity contribution in [2.24, 2.45) is 11.8 Å². The zero-order valence-electron chi connectivity index (χ0n) is 15.1. The second kappa shape index (κ2) is 8.54. The Morgan fingerprint density at radius 3 is 1.86 bits per heavy atom. The van der Waals surface area contributed by atoms with Gasteiger partial charge in [-0.2, -0.15) is 0 Å². The van der Waals surface area contributed by atoms with Gasteiger partial charge in [-0.05, 0) is 0 Å². The van der Waals surface area contributed by atoms with Crippen LogP contribution in [0.2, 0.25) is 0 Å². The first-order valence-electron chi connectivity index (χ1n) is 8.81. The van der Waals surface area contributed by atoms with E-state index in [1.165, 1.54) is 6.07 Å². The Balaban J connectivity index is 0.000000211. The molecule has 11 nitrogen and oxygen atoms in total. The first-order chi connectivity index (χ1) is 13.8. The van der Waals surface area contributed by atoms with Crippen molar-refractivity contribution in [1.29, 1.82) is 0 Å². The molecule has 0 aliphatic carbocycles. The molecule has 0 aromatic heterocycles. The first kappa shape index (κ1) is 21.7. The minimum atomic E-state index is -4.61. The van der Waals surface area contributed by atoms with Gasteiger partial charge in [-0.25, -0.2) is 0 Å². The number of benzene rings is 1. The molecule has 0 spiro atoms. The molecule has 4 bridgehead atoms. The van der Waals surface area contributed by atoms with Gasteiger partial charge in [-0.1, -0.05) is 0 Å². The van der Waals surface area contributed by atoms with Gasteiger partial charge in [0.25, 0.3) is 0 Å². The molecule has 0 saturated carbocycles. The third-order valence-electron chi connectivity index (χ3n) is 4.66. The average Bonchev–Trinajstić information content (AvgIpc) is 2.76. The van der Waals surface area contributed by atoms with Crippen molar-refractivity contribution in [2.45, 2.75) is 0 Å². The summed E-state index contributed by atoms with van der Waals surface area (Å²) in [6, 6.07) is 3.41. The Labute approximate surface area is 167 Å². The summed E-state index contributed by atoms with van der Waals surface area (Å²) in [6.45, 7) is 3.65. The zero-order valence-corrected chi connectivity index (χ0v) is 17.9. The predicted octanol–water partition coefficient (Wildman–Crippen LogP) is 0.908. The number of rotatable bonds is 3. The quantitative estimate of drug-likeness (QED) is 0.541. The second-order valence-corrected chi connectivity index (χ2v) is 12.2. The van der Waals surface area contributed by atoms with E-state index in [1.54, 1.807) is 0 Å². The molecule has 1 aromatic carbocycles. The molecular weight excluding hydrogens is 449 g/mol. The summed E-state index contributed by atoms with van der Waals surface area (Å²) in [5.41, 5.74) is -0.104. The molecule has 0 radical (unpaired) electrons. The normalized spacial score (nSPS) is 30.9. The second-order valence-electron chi connectivity index (χ2n) is 6.91. The van der Waals surface area contributed by atoms with Gasteiger partial charge in [0.1, 0.15) is 0 Å². The monoisotopic (exact) mass is 470 g/mol. The molecule has 14 heteroatoms. The Hall–Kier alpha value is -0.540. The molecule has 6 saturated heterocycles. The molecule has 0 atom stereocenters. The fourth-order valence-electron chi connectivity index (χ4n) is 3.11. The van der Waals surface area contributed by atoms with Gasteiger partial charge in [0.05, 0.1) is 19.8 Å². The van der Waals surface area contributed by atoms with E-state index in [-0.39, 0.29) is 22.1 Å². The fraction of sp³-hybridized carbons (Fsp3) is 0.533. The maximum atomic E-state index is 11.7. The van der Waals surface area contributed by atoms with E-state index < -0.39 is 30.1 Å². The molecule has 162 valence electrons. The van der Waals surface area contributed by atoms with E-state index in [0.717, 1.165) is 32.0 Å². The van der Waals surface area contributed by atoms with Crippen LogP contribution in [0, 0.1) is 11.8 Å². The summed E-state index contributed by atoms with van der Waals surface area (Å²) in [7, 11) is -8.97. The topological polar surface area (TPSA) is 150 Å². The van der Waals surface area contributed by atoms with Crippen LogP contribution in [0.1, 0.15) is 10.4 Å². The summed E-state index contributed by atoms with van der Waals surface area (Å²) in [6.07, 6.45) is 0. The van der Waals surface area contributed by atoms with Crippen molar-refractivity contribution in [3.63, 3.8) is 0 Å². The molecule has 3 N–H and O–H groups in total. The number of fused-ring (bicyclic) bond motifs is 6. The SMILES string of the molecule is C1OP2OCC1CO2.O=C(O)c1ccc(P(=O)(O)O)c([PH]23OCC(CO2)CO3)c1. The molecule has 6 aliphatic rings. The van der Waals surface area contributed by atoms with Crippen LogP contribution in [-0.4, -0.2) is 60.5 Å². The Kier molecular flexibility index (Phi) is 6.38. The van der Waals surface area contributed by atoms with Crippen molar-refractivity contribution in [1.82, 2.24) is 0 Å². The van der Waals surface area contributed by atoms with Gasteiger partial charge in [-0.15, -0.1) is 0 Å². The predicted molar refractivity (Wildman–Crippen MR) is 103 cm³/mol. The van der Waals surface area contributed by atoms with Crippen LogP contribution >= 0.6 is 24.1 Å². The van der Waals surface area contributed by atoms with E-state index in [2.05, 4.69) is 0 Å². The zero-order chi connectivity index (χ0) is 20.6. The van der Waals surface area contributed by atoms with E-state index in [1.807, 2.05) is 0 Å². The molecule has 6 heterocycles. The molecular formula is C15H21O11P3. The standard InChI is InChI=1S/C11H14O8P2.C4H7O3P/c12-11(13)8-1-2-9(20(14,15)16)10(3-8)21-17-4-7(5-18-21)6-19-21;1-4-2-6-8(5-1)7-3-4/h1-3,7,21H,4-6H2,(H,12,13)(H2,14,15,16);4H,1-3H2. The number of carboxylic acid groups (broad SMARTS) is 1. The molecule has 0 amide bonds. The van der Waals surface area contributed by atoms with Crippen LogP contribution in [-0.2, 0) is 31.7 Å². The third kappa shape index (κ3) is 4.71. The summed E-state index contributed by atoms with van der Waals surface area (Å²) in [4.78, 5) is 30.0. The molecule has 7 rings (SSSR count). The molecule has 0 unspecified atom stereocenters. The van der Waals surface area contributed by atoms with Gasteiger partial charge < -0.3 is 13.6 Å². The van der Waals surface area contributed by atoms with Gasteiger partial charge >= 0.3 is 128 Å². The summed E-state index contributed by atoms with van der Waals surface area (Å²) in [5, 5.41) is 8.80. The number of hydrogen-bond donors (Lipinski definition) is 3. The van der Waals surface area contributed by atoms with Gasteiger partial charge in [0.2, 0.25) is 0 Å². The fourth-order valence-corrected chi connectivity index (χ4v) is 8.64. The number of carboxylic acids is 1. The molecule has 1 aromatic rings. The molecule has 6 fully saturated rings. The van der Waals surface area contributed by atoms with Gasteiger partial charge in [-0.3, -0.25) is 0 Å². The van der Waals surface area contributed by atoms with Gasteiger partial charge in [0.15, 0.2) is 0 Å². The summed E-state index contributed by atoms with van der Waals surface area (Å²) in [5.74, 6) is -0.605. The van der Waals surface area contributed by atoms with E-state index >= 15 is 0 Å². The van der Waals surface area contributed by atoms with Crippen molar-refractivity contribution < 1.29 is 51.4 Å². The van der Waals surface area contributed by atoms with Crippen molar-refractivity contribution >= 4 is 40.7 Å². The third-order valence-corrected chi connectivity index (χ3v) is 9.68. The number of carbonyl (C=O) groups is 1. The van der Waals surface area contributed by atoms with Crippen molar-refractivity contribution in [3.8, 4) is 0 Å². The molecule has 6 aliphatic heterocycles. The average molecular weight is 470 g/mol. The van der Waals surface area contributed by atoms with Crippen LogP contribution in [0.5, 0.6) is 0 Å². The Morgan fingerprint density at radius 1 is 0.966 bits per heavy atom. The van der Waals surface area contributed by atoms with Crippen LogP contribution < -0.4 is 10.6 Å². The van der Waals surface area contributed by atoms with Crippen LogP contribution in [0.25, 0.3) is 0 Å². The number of hydrogen-bond acceptors (Lipinski definition) is 8. The summed E-state index contributed by atoms with van der Waals surface area (Å²) >= 11 is 0. The number of aromatic carboxylic acids is 1. The Morgan fingerprint density at radius 2 is 1.48 bits per heavy atom. The van der Waals surface area contributed by atoms with Crippen molar-refractivity contribution in [2.75, 3.05) is 39.6 Å². The summed E-state index contributed by atoms with van der Waals surface area (Å²) < 4.78 is 43.7. The first-order valence-corrected chi connectivity index (χ1v) is 13.2. The minimum absolute atomic E-state index is 0.0360. The maximum absolute atomic E-state index is 11.7. The van der Waals surface area contributed by atoms with E-state index in [4.69, 9.17) is 32.2 Å². The van der Waals surface area contributed by atoms with Crippen LogP contribution in [0.15, 0.2) is 18.2 Å². The Bertz CT molecular complexity index is 775. The molecule has 29 heavy (non-hydrogen) atoms. The van der Waals surface area contributed by atoms with E-state index in [9.17, 15) is 19.1 Å². The van der Waals surface area contributed by atoms with Crippen molar-refractivity contribution in [3.05, 3.63) is 23.8 Å². The van der Waals surface area contributed by atoms with E-state index in [0.29, 0.717) is 25.7 Å². The van der Waals surface area contributed by atoms with Gasteiger partial charge in [0, 0.05) is 5.92 Å².